The number of benzene rings is 1. The van der Waals surface area contributed by atoms with Crippen molar-refractivity contribution < 1.29 is 9.47 Å². The summed E-state index contributed by atoms with van der Waals surface area (Å²) in [5.74, 6) is 1.43. The van der Waals surface area contributed by atoms with Crippen molar-refractivity contribution in [3.63, 3.8) is 0 Å². The lowest BCUT2D eigenvalue weighted by Crippen LogP contribution is -2.16. The van der Waals surface area contributed by atoms with E-state index in [4.69, 9.17) is 15.2 Å². The van der Waals surface area contributed by atoms with Crippen LogP contribution in [0.2, 0.25) is 0 Å². The van der Waals surface area contributed by atoms with Crippen LogP contribution in [0.15, 0.2) is 36.5 Å². The Balaban J connectivity index is 1.77. The summed E-state index contributed by atoms with van der Waals surface area (Å²) in [5.41, 5.74) is 8.41. The van der Waals surface area contributed by atoms with Gasteiger partial charge in [0, 0.05) is 18.3 Å². The third-order valence-electron chi connectivity index (χ3n) is 2.90. The summed E-state index contributed by atoms with van der Waals surface area (Å²) in [5, 5.41) is 3.26. The number of hydrogen-bond donors (Lipinski definition) is 2. The molecule has 2 aromatic rings. The van der Waals surface area contributed by atoms with Crippen LogP contribution in [0.25, 0.3) is 0 Å². The molecule has 0 aliphatic carbocycles. The van der Waals surface area contributed by atoms with Crippen molar-refractivity contribution in [1.82, 2.24) is 4.98 Å². The topological polar surface area (TPSA) is 69.4 Å². The number of hydrogen-bond acceptors (Lipinski definition) is 5. The molecule has 0 amide bonds. The maximum absolute atomic E-state index is 5.99. The van der Waals surface area contributed by atoms with E-state index < -0.39 is 0 Å². The highest BCUT2D eigenvalue weighted by atomic mass is 16.6. The lowest BCUT2D eigenvalue weighted by atomic mass is 10.2. The van der Waals surface area contributed by atoms with Crippen LogP contribution in [0.4, 0.5) is 11.4 Å². The molecule has 1 aliphatic rings. The second-order valence-electron chi connectivity index (χ2n) is 4.26. The lowest BCUT2D eigenvalue weighted by molar-refractivity contribution is 0.172. The SMILES string of the molecule is Nc1cc2c(cc1NCc1ccccn1)OCCO2. The van der Waals surface area contributed by atoms with Gasteiger partial charge in [-0.05, 0) is 12.1 Å². The minimum absolute atomic E-state index is 0.563. The van der Waals surface area contributed by atoms with Gasteiger partial charge in [-0.1, -0.05) is 6.07 Å². The first-order valence-electron chi connectivity index (χ1n) is 6.16. The van der Waals surface area contributed by atoms with Gasteiger partial charge < -0.3 is 20.5 Å². The first-order chi connectivity index (χ1) is 9.33. The van der Waals surface area contributed by atoms with Gasteiger partial charge in [0.2, 0.25) is 0 Å². The minimum Gasteiger partial charge on any atom is -0.486 e. The highest BCUT2D eigenvalue weighted by Gasteiger charge is 2.14. The van der Waals surface area contributed by atoms with Gasteiger partial charge in [0.15, 0.2) is 11.5 Å². The molecule has 0 saturated heterocycles. The standard InChI is InChI=1S/C14H15N3O2/c15-11-7-13-14(19-6-5-18-13)8-12(11)17-9-10-3-1-2-4-16-10/h1-4,7-8,17H,5-6,9,15H2. The number of pyridine rings is 1. The van der Waals surface area contributed by atoms with Crippen molar-refractivity contribution in [3.05, 3.63) is 42.2 Å². The van der Waals surface area contributed by atoms with E-state index in [9.17, 15) is 0 Å². The number of rotatable bonds is 3. The molecular formula is C14H15N3O2. The molecule has 5 nitrogen and oxygen atoms in total. The van der Waals surface area contributed by atoms with Crippen molar-refractivity contribution in [3.8, 4) is 11.5 Å². The monoisotopic (exact) mass is 257 g/mol. The third kappa shape index (κ3) is 2.54. The van der Waals surface area contributed by atoms with Gasteiger partial charge in [-0.25, -0.2) is 0 Å². The average molecular weight is 257 g/mol. The van der Waals surface area contributed by atoms with Crippen LogP contribution in [-0.2, 0) is 6.54 Å². The van der Waals surface area contributed by atoms with Gasteiger partial charge in [0.25, 0.3) is 0 Å². The highest BCUT2D eigenvalue weighted by molar-refractivity contribution is 5.72. The second kappa shape index (κ2) is 5.06. The summed E-state index contributed by atoms with van der Waals surface area (Å²) >= 11 is 0. The quantitative estimate of drug-likeness (QED) is 0.823. The molecule has 0 bridgehead atoms. The Bertz CT molecular complexity index is 572. The number of nitrogens with zero attached hydrogens (tertiary/aromatic N) is 1. The molecule has 3 rings (SSSR count). The molecule has 0 atom stereocenters. The van der Waals surface area contributed by atoms with Crippen LogP contribution < -0.4 is 20.5 Å². The molecule has 19 heavy (non-hydrogen) atoms. The fourth-order valence-electron chi connectivity index (χ4n) is 1.95. The van der Waals surface area contributed by atoms with E-state index >= 15 is 0 Å². The molecular weight excluding hydrogens is 242 g/mol. The molecule has 0 spiro atoms. The van der Waals surface area contributed by atoms with Crippen LogP contribution in [0.5, 0.6) is 11.5 Å². The van der Waals surface area contributed by atoms with E-state index in [1.165, 1.54) is 0 Å². The molecule has 2 heterocycles. The molecule has 0 radical (unpaired) electrons. The van der Waals surface area contributed by atoms with Crippen LogP contribution in [-0.4, -0.2) is 18.2 Å². The zero-order chi connectivity index (χ0) is 13.1. The Morgan fingerprint density at radius 1 is 1.16 bits per heavy atom. The predicted octanol–water partition coefficient (Wildman–Crippen LogP) is 2.05. The molecule has 1 aromatic heterocycles. The number of anilines is 2. The summed E-state index contributed by atoms with van der Waals surface area (Å²) in [6, 6.07) is 9.46. The molecule has 3 N–H and O–H groups in total. The van der Waals surface area contributed by atoms with Crippen LogP contribution in [0.3, 0.4) is 0 Å². The summed E-state index contributed by atoms with van der Waals surface area (Å²) in [6.45, 7) is 1.74. The Morgan fingerprint density at radius 3 is 2.68 bits per heavy atom. The molecule has 1 aliphatic heterocycles. The molecule has 5 heteroatoms. The fraction of sp³-hybridized carbons (Fsp3) is 0.214. The molecule has 0 fully saturated rings. The normalized spacial score (nSPS) is 13.1. The van der Waals surface area contributed by atoms with E-state index in [1.807, 2.05) is 24.3 Å². The Morgan fingerprint density at radius 2 is 1.95 bits per heavy atom. The van der Waals surface area contributed by atoms with Crippen molar-refractivity contribution in [2.45, 2.75) is 6.54 Å². The fourth-order valence-corrected chi connectivity index (χ4v) is 1.95. The maximum Gasteiger partial charge on any atom is 0.163 e. The first-order valence-corrected chi connectivity index (χ1v) is 6.16. The van der Waals surface area contributed by atoms with E-state index in [0.717, 1.165) is 17.1 Å². The smallest absolute Gasteiger partial charge is 0.163 e. The summed E-state index contributed by atoms with van der Waals surface area (Å²) in [7, 11) is 0. The number of nitrogens with one attached hydrogen (secondary N) is 1. The summed E-state index contributed by atoms with van der Waals surface area (Å²) < 4.78 is 11.0. The van der Waals surface area contributed by atoms with Gasteiger partial charge in [-0.3, -0.25) is 4.98 Å². The van der Waals surface area contributed by atoms with Gasteiger partial charge in [-0.2, -0.15) is 0 Å². The Labute approximate surface area is 111 Å². The van der Waals surface area contributed by atoms with Crippen molar-refractivity contribution >= 4 is 11.4 Å². The van der Waals surface area contributed by atoms with Crippen molar-refractivity contribution in [2.24, 2.45) is 0 Å². The second-order valence-corrected chi connectivity index (χ2v) is 4.26. The summed E-state index contributed by atoms with van der Waals surface area (Å²) in [6.07, 6.45) is 1.77. The molecule has 98 valence electrons. The number of nitrogen functional groups attached to an aromatic ring is 1. The molecule has 0 saturated carbocycles. The number of fused-ring (bicyclic) bond motifs is 1. The third-order valence-corrected chi connectivity index (χ3v) is 2.90. The van der Waals surface area contributed by atoms with E-state index in [-0.39, 0.29) is 0 Å². The van der Waals surface area contributed by atoms with Gasteiger partial charge in [-0.15, -0.1) is 0 Å². The van der Waals surface area contributed by atoms with Gasteiger partial charge >= 0.3 is 0 Å². The van der Waals surface area contributed by atoms with Crippen molar-refractivity contribution in [1.29, 1.82) is 0 Å². The van der Waals surface area contributed by atoms with E-state index in [0.29, 0.717) is 31.2 Å². The average Bonchev–Trinajstić information content (AvgIpc) is 2.46. The van der Waals surface area contributed by atoms with Gasteiger partial charge in [0.1, 0.15) is 13.2 Å². The largest absolute Gasteiger partial charge is 0.486 e. The Kier molecular flexibility index (Phi) is 3.10. The Hall–Kier alpha value is -2.43. The molecule has 0 unspecified atom stereocenters. The first kappa shape index (κ1) is 11.6. The zero-order valence-corrected chi connectivity index (χ0v) is 10.4. The zero-order valence-electron chi connectivity index (χ0n) is 10.4. The molecule has 1 aromatic carbocycles. The number of aromatic nitrogens is 1. The van der Waals surface area contributed by atoms with Crippen LogP contribution >= 0.6 is 0 Å². The van der Waals surface area contributed by atoms with Gasteiger partial charge in [0.05, 0.1) is 23.6 Å². The number of nitrogens with two attached hydrogens (primary N) is 1. The van der Waals surface area contributed by atoms with E-state index in [2.05, 4.69) is 10.3 Å². The van der Waals surface area contributed by atoms with Crippen LogP contribution in [0.1, 0.15) is 5.69 Å². The number of ether oxygens (including phenoxy) is 2. The minimum atomic E-state index is 0.563. The predicted molar refractivity (Wildman–Crippen MR) is 73.4 cm³/mol. The lowest BCUT2D eigenvalue weighted by Gasteiger charge is -2.20. The maximum atomic E-state index is 5.99. The highest BCUT2D eigenvalue weighted by Crippen LogP contribution is 2.36. The summed E-state index contributed by atoms with van der Waals surface area (Å²) in [4.78, 5) is 4.25. The van der Waals surface area contributed by atoms with Crippen molar-refractivity contribution in [2.75, 3.05) is 24.3 Å². The van der Waals surface area contributed by atoms with Crippen LogP contribution in [0, 0.1) is 0 Å². The van der Waals surface area contributed by atoms with E-state index in [1.54, 1.807) is 12.3 Å².